The molecule has 1 amide bonds. The quantitative estimate of drug-likeness (QED) is 0.577. The van der Waals surface area contributed by atoms with Crippen LogP contribution < -0.4 is 20.2 Å². The van der Waals surface area contributed by atoms with E-state index in [0.29, 0.717) is 23.7 Å². The second-order valence-corrected chi connectivity index (χ2v) is 7.06. The van der Waals surface area contributed by atoms with Gasteiger partial charge in [-0.1, -0.05) is 12.1 Å². The number of carbonyl (C=O) groups is 1. The molecule has 7 nitrogen and oxygen atoms in total. The fourth-order valence-corrected chi connectivity index (χ4v) is 3.14. The fourth-order valence-electron chi connectivity index (χ4n) is 3.14. The molecule has 0 unspecified atom stereocenters. The number of methoxy groups -OCH3 is 1. The minimum atomic E-state index is -4.54. The number of rotatable bonds is 7. The van der Waals surface area contributed by atoms with Crippen LogP contribution in [0.25, 0.3) is 5.69 Å². The Labute approximate surface area is 187 Å². The number of aromatic nitrogens is 2. The Kier molecular flexibility index (Phi) is 7.05. The molecule has 174 valence electrons. The number of alkyl halides is 3. The average molecular weight is 461 g/mol. The molecule has 1 N–H and O–H groups in total. The zero-order valence-electron chi connectivity index (χ0n) is 18.2. The number of ether oxygens (including phenoxy) is 2. The molecule has 3 rings (SSSR count). The number of hydrogen-bond acceptors (Lipinski definition) is 5. The van der Waals surface area contributed by atoms with Crippen LogP contribution in [0.1, 0.15) is 34.2 Å². The zero-order valence-corrected chi connectivity index (χ0v) is 18.2. The number of hydrogen-bond donors (Lipinski definition) is 1. The van der Waals surface area contributed by atoms with Crippen molar-refractivity contribution in [1.29, 1.82) is 0 Å². The van der Waals surface area contributed by atoms with Crippen LogP contribution >= 0.6 is 0 Å². The van der Waals surface area contributed by atoms with Gasteiger partial charge in [0.15, 0.2) is 17.2 Å². The lowest BCUT2D eigenvalue weighted by Crippen LogP contribution is -2.31. The summed E-state index contributed by atoms with van der Waals surface area (Å²) in [5.74, 6) is 0.289. The molecule has 0 aliphatic carbocycles. The summed E-state index contributed by atoms with van der Waals surface area (Å²) in [5, 5.41) is 6.63. The summed E-state index contributed by atoms with van der Waals surface area (Å²) in [6.07, 6.45) is -4.54. The first-order valence-corrected chi connectivity index (χ1v) is 10.0. The van der Waals surface area contributed by atoms with Crippen LogP contribution in [0.4, 0.5) is 13.2 Å². The molecule has 10 heteroatoms. The van der Waals surface area contributed by atoms with E-state index in [1.807, 2.05) is 6.92 Å². The molecule has 1 aromatic heterocycles. The third-order valence-electron chi connectivity index (χ3n) is 4.72. The summed E-state index contributed by atoms with van der Waals surface area (Å²) in [7, 11) is 1.49. The molecule has 0 aliphatic rings. The van der Waals surface area contributed by atoms with E-state index in [-0.39, 0.29) is 17.9 Å². The Morgan fingerprint density at radius 2 is 1.88 bits per heavy atom. The Morgan fingerprint density at radius 1 is 1.12 bits per heavy atom. The molecule has 0 saturated carbocycles. The molecule has 0 saturated heterocycles. The normalized spacial score (nSPS) is 11.2. The predicted molar refractivity (Wildman–Crippen MR) is 115 cm³/mol. The molecule has 0 bridgehead atoms. The Morgan fingerprint density at radius 3 is 2.55 bits per heavy atom. The van der Waals surface area contributed by atoms with Gasteiger partial charge in [0.2, 0.25) is 5.43 Å². The van der Waals surface area contributed by atoms with E-state index in [9.17, 15) is 22.8 Å². The van der Waals surface area contributed by atoms with Crippen molar-refractivity contribution in [3.05, 3.63) is 81.3 Å². The number of benzene rings is 2. The lowest BCUT2D eigenvalue weighted by Gasteiger charge is -2.14. The second-order valence-electron chi connectivity index (χ2n) is 7.06. The van der Waals surface area contributed by atoms with Gasteiger partial charge in [0.25, 0.3) is 5.91 Å². The van der Waals surface area contributed by atoms with E-state index >= 15 is 0 Å². The molecule has 1 heterocycles. The minimum Gasteiger partial charge on any atom is -0.493 e. The van der Waals surface area contributed by atoms with Crippen molar-refractivity contribution in [3.8, 4) is 17.2 Å². The number of amides is 1. The van der Waals surface area contributed by atoms with Crippen molar-refractivity contribution in [2.24, 2.45) is 0 Å². The fraction of sp³-hybridized carbons (Fsp3) is 0.261. The van der Waals surface area contributed by atoms with Crippen LogP contribution in [-0.2, 0) is 12.7 Å². The molecule has 0 atom stereocenters. The first-order valence-electron chi connectivity index (χ1n) is 10.0. The predicted octanol–water partition coefficient (Wildman–Crippen LogP) is 3.90. The van der Waals surface area contributed by atoms with Crippen molar-refractivity contribution >= 4 is 5.91 Å². The van der Waals surface area contributed by atoms with Crippen LogP contribution in [0.2, 0.25) is 0 Å². The molecule has 0 fully saturated rings. The number of carbonyl (C=O) groups excluding carboxylic acids is 1. The van der Waals surface area contributed by atoms with E-state index in [4.69, 9.17) is 9.47 Å². The summed E-state index contributed by atoms with van der Waals surface area (Å²) < 4.78 is 51.1. The maximum absolute atomic E-state index is 13.1. The van der Waals surface area contributed by atoms with Gasteiger partial charge in [-0.3, -0.25) is 9.59 Å². The van der Waals surface area contributed by atoms with Gasteiger partial charge in [-0.25, -0.2) is 4.68 Å². The zero-order chi connectivity index (χ0) is 24.2. The molecule has 0 spiro atoms. The Hall–Kier alpha value is -3.82. The summed E-state index contributed by atoms with van der Waals surface area (Å²) in [6, 6.07) is 10.8. The number of nitrogens with zero attached hydrogens (tertiary/aromatic N) is 2. The highest BCUT2D eigenvalue weighted by molar-refractivity contribution is 5.92. The van der Waals surface area contributed by atoms with E-state index in [1.165, 1.54) is 26.2 Å². The van der Waals surface area contributed by atoms with E-state index in [0.717, 1.165) is 22.9 Å². The first kappa shape index (κ1) is 23.8. The third-order valence-corrected chi connectivity index (χ3v) is 4.72. The van der Waals surface area contributed by atoms with Crippen LogP contribution in [0, 0.1) is 6.92 Å². The highest BCUT2D eigenvalue weighted by Crippen LogP contribution is 2.30. The topological polar surface area (TPSA) is 82.5 Å². The van der Waals surface area contributed by atoms with Gasteiger partial charge in [-0.15, -0.1) is 0 Å². The van der Waals surface area contributed by atoms with Gasteiger partial charge in [0.1, 0.15) is 0 Å². The molecular formula is C23H22F3N3O4. The standard InChI is InChI=1S/C23H22F3N3O4/c1-4-33-19-9-8-15(11-20(19)32-3)13-27-22(31)21-18(30)10-14(2)29(28-21)17-7-5-6-16(12-17)23(24,25)26/h5-12H,4,13H2,1-3H3,(H,27,31). The van der Waals surface area contributed by atoms with Crippen molar-refractivity contribution in [1.82, 2.24) is 15.1 Å². The summed E-state index contributed by atoms with van der Waals surface area (Å²) >= 11 is 0. The average Bonchev–Trinajstić information content (AvgIpc) is 2.78. The third kappa shape index (κ3) is 5.51. The molecule has 33 heavy (non-hydrogen) atoms. The van der Waals surface area contributed by atoms with Gasteiger partial charge in [-0.2, -0.15) is 18.3 Å². The van der Waals surface area contributed by atoms with Gasteiger partial charge in [0, 0.05) is 18.3 Å². The largest absolute Gasteiger partial charge is 0.493 e. The minimum absolute atomic E-state index is 0.0696. The Bertz CT molecular complexity index is 1220. The highest BCUT2D eigenvalue weighted by Gasteiger charge is 2.30. The van der Waals surface area contributed by atoms with Gasteiger partial charge in [0.05, 0.1) is 25.0 Å². The maximum atomic E-state index is 13.1. The number of halogens is 3. The van der Waals surface area contributed by atoms with Crippen LogP contribution in [0.3, 0.4) is 0 Å². The first-order chi connectivity index (χ1) is 15.6. The van der Waals surface area contributed by atoms with Crippen LogP contribution in [0.5, 0.6) is 11.5 Å². The highest BCUT2D eigenvalue weighted by atomic mass is 19.4. The van der Waals surface area contributed by atoms with E-state index in [2.05, 4.69) is 10.4 Å². The summed E-state index contributed by atoms with van der Waals surface area (Å²) in [6.45, 7) is 3.89. The SMILES string of the molecule is CCOc1ccc(CNC(=O)c2nn(-c3cccc(C(F)(F)F)c3)c(C)cc2=O)cc1OC. The van der Waals surface area contributed by atoms with E-state index < -0.39 is 28.8 Å². The second kappa shape index (κ2) is 9.76. The van der Waals surface area contributed by atoms with Crippen molar-refractivity contribution in [2.45, 2.75) is 26.6 Å². The monoisotopic (exact) mass is 461 g/mol. The molecule has 0 radical (unpaired) electrons. The van der Waals surface area contributed by atoms with E-state index in [1.54, 1.807) is 18.2 Å². The van der Waals surface area contributed by atoms with Crippen molar-refractivity contribution in [2.75, 3.05) is 13.7 Å². The van der Waals surface area contributed by atoms with Crippen molar-refractivity contribution < 1.29 is 27.4 Å². The molecule has 2 aromatic carbocycles. The maximum Gasteiger partial charge on any atom is 0.416 e. The molecule has 3 aromatic rings. The summed E-state index contributed by atoms with van der Waals surface area (Å²) in [4.78, 5) is 25.0. The Balaban J connectivity index is 1.86. The van der Waals surface area contributed by atoms with Gasteiger partial charge < -0.3 is 14.8 Å². The molecule has 0 aliphatic heterocycles. The lowest BCUT2D eigenvalue weighted by molar-refractivity contribution is -0.137. The smallest absolute Gasteiger partial charge is 0.416 e. The van der Waals surface area contributed by atoms with Gasteiger partial charge >= 0.3 is 6.18 Å². The molecular weight excluding hydrogens is 439 g/mol. The van der Waals surface area contributed by atoms with Crippen molar-refractivity contribution in [3.63, 3.8) is 0 Å². The van der Waals surface area contributed by atoms with Crippen LogP contribution in [-0.4, -0.2) is 29.4 Å². The lowest BCUT2D eigenvalue weighted by atomic mass is 10.2. The number of nitrogens with one attached hydrogen (secondary N) is 1. The number of aryl methyl sites for hydroxylation is 1. The van der Waals surface area contributed by atoms with Crippen LogP contribution in [0.15, 0.2) is 53.3 Å². The van der Waals surface area contributed by atoms with Gasteiger partial charge in [-0.05, 0) is 49.7 Å². The summed E-state index contributed by atoms with van der Waals surface area (Å²) in [5.41, 5.74) is -0.891.